The van der Waals surface area contributed by atoms with E-state index in [1.165, 1.54) is 0 Å². The van der Waals surface area contributed by atoms with Crippen molar-refractivity contribution in [3.63, 3.8) is 0 Å². The summed E-state index contributed by atoms with van der Waals surface area (Å²) in [5.41, 5.74) is -0.551. The van der Waals surface area contributed by atoms with Gasteiger partial charge >= 0.3 is 5.97 Å². The maximum absolute atomic E-state index is 12.1. The SMILES string of the molecule is O=C(O)C1(Nc2c(N[C@H]3CCSC3)c(=O)c2=O)C=Cc2ccccc2C1. The number of carbonyl (C=O) groups is 1. The monoisotopic (exact) mass is 370 g/mol. The number of benzene rings is 1. The molecule has 26 heavy (non-hydrogen) atoms. The summed E-state index contributed by atoms with van der Waals surface area (Å²) in [6, 6.07) is 7.66. The highest BCUT2D eigenvalue weighted by atomic mass is 32.2. The van der Waals surface area contributed by atoms with E-state index in [1.807, 2.05) is 24.3 Å². The molecule has 3 N–H and O–H groups in total. The molecule has 1 heterocycles. The summed E-state index contributed by atoms with van der Waals surface area (Å²) in [5.74, 6) is 0.794. The molecule has 1 aliphatic carbocycles. The number of rotatable bonds is 5. The third kappa shape index (κ3) is 2.72. The molecule has 0 amide bonds. The lowest BCUT2D eigenvalue weighted by Crippen LogP contribution is -2.52. The molecule has 0 bridgehead atoms. The van der Waals surface area contributed by atoms with Gasteiger partial charge in [-0.3, -0.25) is 9.59 Å². The molecule has 4 rings (SSSR count). The molecule has 0 spiro atoms. The van der Waals surface area contributed by atoms with E-state index < -0.39 is 22.4 Å². The van der Waals surface area contributed by atoms with E-state index >= 15 is 0 Å². The maximum atomic E-state index is 12.1. The van der Waals surface area contributed by atoms with Gasteiger partial charge in [0.15, 0.2) is 5.54 Å². The number of carboxylic acids is 1. The van der Waals surface area contributed by atoms with E-state index in [-0.39, 0.29) is 23.8 Å². The van der Waals surface area contributed by atoms with Crippen molar-refractivity contribution < 1.29 is 9.90 Å². The Balaban J connectivity index is 1.65. The highest BCUT2D eigenvalue weighted by Gasteiger charge is 2.41. The first-order valence-corrected chi connectivity index (χ1v) is 9.62. The lowest BCUT2D eigenvalue weighted by molar-refractivity contribution is -0.140. The number of thioether (sulfide) groups is 1. The van der Waals surface area contributed by atoms with Crippen LogP contribution in [0.3, 0.4) is 0 Å². The summed E-state index contributed by atoms with van der Waals surface area (Å²) in [6.45, 7) is 0. The van der Waals surface area contributed by atoms with Gasteiger partial charge in [0.1, 0.15) is 11.4 Å². The van der Waals surface area contributed by atoms with Crippen LogP contribution >= 0.6 is 11.8 Å². The molecule has 0 aromatic heterocycles. The molecule has 134 valence electrons. The minimum Gasteiger partial charge on any atom is -0.479 e. The third-order valence-electron chi connectivity index (χ3n) is 4.99. The van der Waals surface area contributed by atoms with E-state index in [9.17, 15) is 19.5 Å². The zero-order valence-corrected chi connectivity index (χ0v) is 14.8. The standard InChI is InChI=1S/C19H18N2O4S/c22-16-14(20-13-6-8-26-10-13)15(17(16)23)21-19(18(24)25)7-5-11-3-1-2-4-12(11)9-19/h1-5,7,13,20-21H,6,8-10H2,(H,24,25)/t13-,19?/m0/s1. The molecule has 1 saturated heterocycles. The largest absolute Gasteiger partial charge is 0.479 e. The second-order valence-electron chi connectivity index (χ2n) is 6.72. The van der Waals surface area contributed by atoms with Gasteiger partial charge in [0.2, 0.25) is 0 Å². The van der Waals surface area contributed by atoms with Gasteiger partial charge in [0.25, 0.3) is 10.9 Å². The highest BCUT2D eigenvalue weighted by molar-refractivity contribution is 7.99. The van der Waals surface area contributed by atoms with Crippen LogP contribution in [0.1, 0.15) is 17.5 Å². The first-order valence-electron chi connectivity index (χ1n) is 8.46. The fourth-order valence-electron chi connectivity index (χ4n) is 3.46. The molecule has 6 nitrogen and oxygen atoms in total. The highest BCUT2D eigenvalue weighted by Crippen LogP contribution is 2.31. The Morgan fingerprint density at radius 3 is 2.69 bits per heavy atom. The summed E-state index contributed by atoms with van der Waals surface area (Å²) in [6.07, 6.45) is 4.42. The molecule has 1 aliphatic heterocycles. The van der Waals surface area contributed by atoms with Crippen LogP contribution in [0.25, 0.3) is 6.08 Å². The van der Waals surface area contributed by atoms with Gasteiger partial charge < -0.3 is 15.7 Å². The maximum Gasteiger partial charge on any atom is 0.333 e. The van der Waals surface area contributed by atoms with Crippen molar-refractivity contribution in [1.82, 2.24) is 0 Å². The van der Waals surface area contributed by atoms with Crippen molar-refractivity contribution in [2.24, 2.45) is 0 Å². The third-order valence-corrected chi connectivity index (χ3v) is 6.15. The van der Waals surface area contributed by atoms with E-state index in [2.05, 4.69) is 10.6 Å². The molecule has 2 aliphatic rings. The quantitative estimate of drug-likeness (QED) is 0.690. The summed E-state index contributed by atoms with van der Waals surface area (Å²) in [4.78, 5) is 36.1. The topological polar surface area (TPSA) is 95.5 Å². The van der Waals surface area contributed by atoms with Crippen molar-refractivity contribution in [1.29, 1.82) is 0 Å². The predicted molar refractivity (Wildman–Crippen MR) is 104 cm³/mol. The number of aliphatic carboxylic acids is 1. The second-order valence-corrected chi connectivity index (χ2v) is 7.87. The van der Waals surface area contributed by atoms with Crippen LogP contribution in [0.5, 0.6) is 0 Å². The van der Waals surface area contributed by atoms with E-state index in [0.717, 1.165) is 29.1 Å². The molecule has 2 aromatic rings. The Labute approximate surface area is 154 Å². The lowest BCUT2D eigenvalue weighted by Gasteiger charge is -2.33. The second kappa shape index (κ2) is 6.32. The molecule has 2 atom stereocenters. The van der Waals surface area contributed by atoms with Gasteiger partial charge in [-0.2, -0.15) is 11.8 Å². The zero-order valence-electron chi connectivity index (χ0n) is 14.0. The van der Waals surface area contributed by atoms with Crippen molar-refractivity contribution in [3.8, 4) is 0 Å². The van der Waals surface area contributed by atoms with Gasteiger partial charge in [-0.25, -0.2) is 4.79 Å². The van der Waals surface area contributed by atoms with E-state index in [4.69, 9.17) is 0 Å². The number of fused-ring (bicyclic) bond motifs is 1. The molecular weight excluding hydrogens is 352 g/mol. The van der Waals surface area contributed by atoms with Crippen LogP contribution < -0.4 is 21.5 Å². The van der Waals surface area contributed by atoms with Crippen molar-refractivity contribution >= 4 is 35.2 Å². The van der Waals surface area contributed by atoms with Gasteiger partial charge in [-0.15, -0.1) is 0 Å². The fraction of sp³-hybridized carbons (Fsp3) is 0.316. The predicted octanol–water partition coefficient (Wildman–Crippen LogP) is 1.70. The number of hydrogen-bond donors (Lipinski definition) is 3. The average molecular weight is 370 g/mol. The fourth-order valence-corrected chi connectivity index (χ4v) is 4.61. The van der Waals surface area contributed by atoms with E-state index in [1.54, 1.807) is 23.9 Å². The van der Waals surface area contributed by atoms with Gasteiger partial charge in [0, 0.05) is 18.2 Å². The number of nitrogens with one attached hydrogen (secondary N) is 2. The Bertz CT molecular complexity index is 970. The summed E-state index contributed by atoms with van der Waals surface area (Å²) in [5, 5.41) is 15.8. The lowest BCUT2D eigenvalue weighted by atomic mass is 9.83. The number of anilines is 2. The van der Waals surface area contributed by atoms with E-state index in [0.29, 0.717) is 0 Å². The molecule has 7 heteroatoms. The number of carboxylic acid groups (broad SMARTS) is 1. The molecule has 2 aromatic carbocycles. The van der Waals surface area contributed by atoms with Gasteiger partial charge in [0.05, 0.1) is 0 Å². The van der Waals surface area contributed by atoms with Crippen LogP contribution in [0.4, 0.5) is 11.4 Å². The minimum atomic E-state index is -1.45. The van der Waals surface area contributed by atoms with Gasteiger partial charge in [-0.05, 0) is 29.4 Å². The molecule has 1 fully saturated rings. The molecule has 1 unspecified atom stereocenters. The van der Waals surface area contributed by atoms with Crippen LogP contribution in [0.15, 0.2) is 39.9 Å². The molecule has 0 saturated carbocycles. The Hall–Kier alpha value is -2.54. The molecular formula is C19H18N2O4S. The summed E-state index contributed by atoms with van der Waals surface area (Å²) in [7, 11) is 0. The van der Waals surface area contributed by atoms with Crippen LogP contribution in [-0.2, 0) is 11.2 Å². The average Bonchev–Trinajstić information content (AvgIpc) is 3.17. The zero-order chi connectivity index (χ0) is 18.3. The first-order chi connectivity index (χ1) is 12.5. The smallest absolute Gasteiger partial charge is 0.333 e. The van der Waals surface area contributed by atoms with Gasteiger partial charge in [-0.1, -0.05) is 30.3 Å². The summed E-state index contributed by atoms with van der Waals surface area (Å²) < 4.78 is 0. The molecule has 0 radical (unpaired) electrons. The summed E-state index contributed by atoms with van der Waals surface area (Å²) >= 11 is 1.79. The van der Waals surface area contributed by atoms with Crippen LogP contribution in [0.2, 0.25) is 0 Å². The van der Waals surface area contributed by atoms with Crippen molar-refractivity contribution in [3.05, 3.63) is 61.9 Å². The van der Waals surface area contributed by atoms with Crippen LogP contribution in [-0.4, -0.2) is 34.2 Å². The normalized spacial score (nSPS) is 24.4. The number of hydrogen-bond acceptors (Lipinski definition) is 6. The Morgan fingerprint density at radius 1 is 1.19 bits per heavy atom. The van der Waals surface area contributed by atoms with Crippen molar-refractivity contribution in [2.45, 2.75) is 24.4 Å². The first kappa shape index (κ1) is 16.9. The minimum absolute atomic E-state index is 0.0818. The van der Waals surface area contributed by atoms with Crippen molar-refractivity contribution in [2.75, 3.05) is 22.1 Å². The Kier molecular flexibility index (Phi) is 4.11. The Morgan fingerprint density at radius 2 is 1.96 bits per heavy atom. The van der Waals surface area contributed by atoms with Crippen LogP contribution in [0, 0.1) is 0 Å².